The van der Waals surface area contributed by atoms with Gasteiger partial charge in [-0.15, -0.1) is 0 Å². The van der Waals surface area contributed by atoms with E-state index in [1.165, 1.54) is 11.1 Å². The highest BCUT2D eigenvalue weighted by molar-refractivity contribution is 5.96. The molecule has 0 heterocycles. The molecule has 2 aromatic carbocycles. The molecule has 2 radical (unpaired) electrons. The molecule has 14 heavy (non-hydrogen) atoms. The molecule has 2 heteroatoms. The second-order valence-electron chi connectivity index (χ2n) is 2.73. The van der Waals surface area contributed by atoms with Gasteiger partial charge in [0.25, 0.3) is 0 Å². The quantitative estimate of drug-likeness (QED) is 0.595. The van der Waals surface area contributed by atoms with E-state index in [4.69, 9.17) is 4.32 Å². The first-order valence-corrected chi connectivity index (χ1v) is 4.29. The van der Waals surface area contributed by atoms with Crippen molar-refractivity contribution < 1.29 is 4.32 Å². The summed E-state index contributed by atoms with van der Waals surface area (Å²) < 4.78 is 9.00. The van der Waals surface area contributed by atoms with Gasteiger partial charge in [-0.2, -0.15) is 0 Å². The zero-order valence-corrected chi connectivity index (χ0v) is 7.73. The van der Waals surface area contributed by atoms with Crippen molar-refractivity contribution in [3.8, 4) is 11.1 Å². The second kappa shape index (κ2) is 5.98. The monoisotopic (exact) mass is 184 g/mol. The Balaban J connectivity index is 0.000000461. The van der Waals surface area contributed by atoms with Gasteiger partial charge < -0.3 is 4.32 Å². The normalized spacial score (nSPS) is 8.64. The molecule has 2 aromatic rings. The second-order valence-corrected chi connectivity index (χ2v) is 2.73. The van der Waals surface area contributed by atoms with Gasteiger partial charge in [0.2, 0.25) is 0 Å². The summed E-state index contributed by atoms with van der Waals surface area (Å²) in [6.07, 6.45) is 0. The van der Waals surface area contributed by atoms with Crippen LogP contribution in [0.4, 0.5) is 4.32 Å². The lowest BCUT2D eigenvalue weighted by molar-refractivity contribution is 0.902. The van der Waals surface area contributed by atoms with Crippen molar-refractivity contribution in [2.45, 2.75) is 0 Å². The van der Waals surface area contributed by atoms with Gasteiger partial charge in [0.1, 0.15) is 0 Å². The Morgan fingerprint density at radius 3 is 1.14 bits per heavy atom. The van der Waals surface area contributed by atoms with Crippen molar-refractivity contribution in [3.63, 3.8) is 0 Å². The van der Waals surface area contributed by atoms with Crippen LogP contribution in [-0.2, 0) is 0 Å². The number of hydrogen-bond acceptors (Lipinski definition) is 0. The molecule has 0 aliphatic rings. The van der Waals surface area contributed by atoms with Crippen LogP contribution in [0.2, 0.25) is 0 Å². The van der Waals surface area contributed by atoms with Gasteiger partial charge in [0.05, 0.1) is 0 Å². The largest absolute Gasteiger partial charge is 0.350 e. The predicted molar refractivity (Wildman–Crippen MR) is 58.7 cm³/mol. The van der Waals surface area contributed by atoms with Gasteiger partial charge in [0, 0.05) is 0 Å². The lowest BCUT2D eigenvalue weighted by atomic mass is 10.1. The first kappa shape index (κ1) is 10.5. The minimum Gasteiger partial charge on any atom is -0.350 e. The van der Waals surface area contributed by atoms with Crippen LogP contribution in [-0.4, -0.2) is 8.12 Å². The van der Waals surface area contributed by atoms with E-state index in [9.17, 15) is 0 Å². The molecule has 0 N–H and O–H groups in total. The van der Waals surface area contributed by atoms with Crippen LogP contribution in [0.3, 0.4) is 0 Å². The fourth-order valence-electron chi connectivity index (χ4n) is 1.26. The summed E-state index contributed by atoms with van der Waals surface area (Å²) in [5.41, 5.74) is 2.55. The van der Waals surface area contributed by atoms with E-state index in [0.29, 0.717) is 0 Å². The maximum Gasteiger partial charge on any atom is 0.350 e. The maximum absolute atomic E-state index is 9.00. The maximum atomic E-state index is 9.00. The van der Waals surface area contributed by atoms with E-state index in [1.807, 2.05) is 12.1 Å². The molecule has 0 unspecified atom stereocenters. The van der Waals surface area contributed by atoms with Crippen LogP contribution in [0.25, 0.3) is 11.1 Å². The molecule has 0 saturated heterocycles. The first-order valence-electron chi connectivity index (χ1n) is 4.29. The zero-order chi connectivity index (χ0) is 10.2. The molecule has 0 aromatic heterocycles. The molecule has 68 valence electrons. The molecule has 0 saturated carbocycles. The summed E-state index contributed by atoms with van der Waals surface area (Å²) in [5.74, 6) is 0. The van der Waals surface area contributed by atoms with E-state index < -0.39 is 0 Å². The molecular formula is C12H10BF. The lowest BCUT2D eigenvalue weighted by Crippen LogP contribution is -1.73. The SMILES string of the molecule is [B]F.c1ccc(-c2ccccc2)cc1. The minimum atomic E-state index is 1.28. The van der Waals surface area contributed by atoms with E-state index >= 15 is 0 Å². The van der Waals surface area contributed by atoms with Crippen LogP contribution in [0, 0.1) is 0 Å². The van der Waals surface area contributed by atoms with Crippen molar-refractivity contribution in [2.75, 3.05) is 0 Å². The van der Waals surface area contributed by atoms with Gasteiger partial charge in [-0.3, -0.25) is 0 Å². The summed E-state index contributed by atoms with van der Waals surface area (Å²) in [5, 5.41) is 0. The molecule has 0 atom stereocenters. The van der Waals surface area contributed by atoms with Gasteiger partial charge in [-0.05, 0) is 11.1 Å². The summed E-state index contributed by atoms with van der Waals surface area (Å²) >= 11 is 0. The molecule has 2 rings (SSSR count). The fraction of sp³-hybridized carbons (Fsp3) is 0. The zero-order valence-electron chi connectivity index (χ0n) is 7.73. The van der Waals surface area contributed by atoms with E-state index in [-0.39, 0.29) is 0 Å². The molecule has 0 amide bonds. The topological polar surface area (TPSA) is 0 Å². The Morgan fingerprint density at radius 2 is 0.857 bits per heavy atom. The van der Waals surface area contributed by atoms with Crippen LogP contribution in [0.1, 0.15) is 0 Å². The number of benzene rings is 2. The van der Waals surface area contributed by atoms with Crippen LogP contribution >= 0.6 is 0 Å². The Hall–Kier alpha value is -1.57. The fourth-order valence-corrected chi connectivity index (χ4v) is 1.26. The van der Waals surface area contributed by atoms with Gasteiger partial charge in [-0.1, -0.05) is 60.7 Å². The number of halogens is 1. The third kappa shape index (κ3) is 2.73. The summed E-state index contributed by atoms with van der Waals surface area (Å²) in [7, 11) is 3.00. The summed E-state index contributed by atoms with van der Waals surface area (Å²) in [6, 6.07) is 20.8. The first-order chi connectivity index (χ1) is 6.97. The van der Waals surface area contributed by atoms with Gasteiger partial charge >= 0.3 is 8.12 Å². The molecule has 0 nitrogen and oxygen atoms in total. The average molecular weight is 184 g/mol. The molecule has 0 bridgehead atoms. The third-order valence-corrected chi connectivity index (χ3v) is 1.88. The molecule has 0 fully saturated rings. The van der Waals surface area contributed by atoms with E-state index in [2.05, 4.69) is 56.7 Å². The van der Waals surface area contributed by atoms with Crippen LogP contribution in [0.5, 0.6) is 0 Å². The Kier molecular flexibility index (Phi) is 4.49. The number of hydrogen-bond donors (Lipinski definition) is 0. The van der Waals surface area contributed by atoms with Crippen molar-refractivity contribution in [2.24, 2.45) is 0 Å². The molecule has 0 spiro atoms. The van der Waals surface area contributed by atoms with Gasteiger partial charge in [-0.25, -0.2) is 0 Å². The smallest absolute Gasteiger partial charge is 0.350 e. The van der Waals surface area contributed by atoms with Crippen LogP contribution < -0.4 is 0 Å². The summed E-state index contributed by atoms with van der Waals surface area (Å²) in [4.78, 5) is 0. The van der Waals surface area contributed by atoms with Crippen molar-refractivity contribution in [3.05, 3.63) is 60.7 Å². The molecule has 0 aliphatic carbocycles. The predicted octanol–water partition coefficient (Wildman–Crippen LogP) is 3.39. The highest BCUT2D eigenvalue weighted by Gasteiger charge is 1.91. The van der Waals surface area contributed by atoms with E-state index in [0.717, 1.165) is 0 Å². The summed E-state index contributed by atoms with van der Waals surface area (Å²) in [6.45, 7) is 0. The van der Waals surface area contributed by atoms with Crippen LogP contribution in [0.15, 0.2) is 60.7 Å². The Bertz CT molecular complexity index is 308. The average Bonchev–Trinajstić information content (AvgIpc) is 2.34. The molecule has 0 aliphatic heterocycles. The third-order valence-electron chi connectivity index (χ3n) is 1.88. The highest BCUT2D eigenvalue weighted by atomic mass is 19.1. The van der Waals surface area contributed by atoms with Gasteiger partial charge in [0.15, 0.2) is 0 Å². The lowest BCUT2D eigenvalue weighted by Gasteiger charge is -1.98. The number of rotatable bonds is 1. The van der Waals surface area contributed by atoms with Crippen molar-refractivity contribution >= 4 is 8.12 Å². The molecular weight excluding hydrogens is 174 g/mol. The standard InChI is InChI=1S/C12H10.BF/c1-3-7-11(8-4-1)12-9-5-2-6-10-12;1-2/h1-10H;. The highest BCUT2D eigenvalue weighted by Crippen LogP contribution is 2.17. The minimum absolute atomic E-state index is 1.28. The van der Waals surface area contributed by atoms with E-state index in [1.54, 1.807) is 0 Å². The van der Waals surface area contributed by atoms with Crippen molar-refractivity contribution in [1.82, 2.24) is 0 Å². The van der Waals surface area contributed by atoms with Crippen molar-refractivity contribution in [1.29, 1.82) is 0 Å². The Labute approximate surface area is 84.9 Å². The Morgan fingerprint density at radius 1 is 0.571 bits per heavy atom.